The van der Waals surface area contributed by atoms with E-state index in [0.29, 0.717) is 12.8 Å². The number of hydrogen-bond donors (Lipinski definition) is 4. The second-order valence-electron chi connectivity index (χ2n) is 16.2. The van der Waals surface area contributed by atoms with Crippen LogP contribution < -0.4 is 5.32 Å². The molecule has 0 radical (unpaired) electrons. The SMILES string of the molecule is CCCCCCCCC/C=C\CCCCCCC(O)C(=O)NC(CS(=O)(=O)O)C(O)CCCCCCCCCCCCCCCCCCCCCCC. The molecule has 4 N–H and O–H groups in total. The lowest BCUT2D eigenvalue weighted by Crippen LogP contribution is -2.50. The first-order valence-electron chi connectivity index (χ1n) is 23.0. The maximum Gasteiger partial charge on any atom is 0.266 e. The van der Waals surface area contributed by atoms with Crippen LogP contribution in [0, 0.1) is 0 Å². The van der Waals surface area contributed by atoms with Crippen molar-refractivity contribution in [1.29, 1.82) is 0 Å². The van der Waals surface area contributed by atoms with E-state index in [4.69, 9.17) is 0 Å². The lowest BCUT2D eigenvalue weighted by molar-refractivity contribution is -0.131. The van der Waals surface area contributed by atoms with Gasteiger partial charge in [0.25, 0.3) is 10.1 Å². The van der Waals surface area contributed by atoms with Crippen LogP contribution in [0.5, 0.6) is 0 Å². The molecule has 1 amide bonds. The summed E-state index contributed by atoms with van der Waals surface area (Å²) in [6, 6.07) is -1.15. The van der Waals surface area contributed by atoms with Crippen LogP contribution in [-0.4, -0.2) is 53.1 Å². The predicted octanol–water partition coefficient (Wildman–Crippen LogP) is 12.7. The molecule has 0 spiro atoms. The monoisotopic (exact) mass is 772 g/mol. The summed E-state index contributed by atoms with van der Waals surface area (Å²) in [5, 5.41) is 23.6. The first-order chi connectivity index (χ1) is 25.7. The van der Waals surface area contributed by atoms with E-state index in [1.807, 2.05) is 0 Å². The molecule has 53 heavy (non-hydrogen) atoms. The van der Waals surface area contributed by atoms with E-state index in [-0.39, 0.29) is 6.42 Å². The van der Waals surface area contributed by atoms with Crippen molar-refractivity contribution in [2.75, 3.05) is 5.75 Å². The first-order valence-corrected chi connectivity index (χ1v) is 24.6. The van der Waals surface area contributed by atoms with Gasteiger partial charge in [-0.2, -0.15) is 8.42 Å². The molecular weight excluding hydrogens is 683 g/mol. The molecule has 0 aliphatic heterocycles. The van der Waals surface area contributed by atoms with E-state index in [0.717, 1.165) is 57.8 Å². The highest BCUT2D eigenvalue weighted by molar-refractivity contribution is 7.85. The standard InChI is InChI=1S/C45H89NO6S/c1-3-5-7-9-11-13-15-17-19-20-21-22-23-24-26-27-29-31-33-35-37-39-43(47)42(41-53(50,51)52)46-45(49)44(48)40-38-36-34-32-30-28-25-18-16-14-12-10-8-6-4-2/h25,28,42-44,47-48H,3-24,26-27,29-41H2,1-2H3,(H,46,49)(H,50,51,52)/b28-25-. The predicted molar refractivity (Wildman–Crippen MR) is 227 cm³/mol. The first kappa shape index (κ1) is 52.0. The van der Waals surface area contributed by atoms with Crippen LogP contribution in [0.3, 0.4) is 0 Å². The number of aliphatic hydroxyl groups excluding tert-OH is 2. The van der Waals surface area contributed by atoms with Gasteiger partial charge < -0.3 is 15.5 Å². The van der Waals surface area contributed by atoms with Crippen molar-refractivity contribution < 1.29 is 28.0 Å². The third-order valence-corrected chi connectivity index (χ3v) is 11.6. The average Bonchev–Trinajstić information content (AvgIpc) is 3.12. The molecule has 8 heteroatoms. The Morgan fingerprint density at radius 1 is 0.491 bits per heavy atom. The van der Waals surface area contributed by atoms with Gasteiger partial charge in [-0.25, -0.2) is 0 Å². The van der Waals surface area contributed by atoms with Gasteiger partial charge >= 0.3 is 0 Å². The Balaban J connectivity index is 3.89. The molecule has 0 saturated carbocycles. The summed E-state index contributed by atoms with van der Waals surface area (Å²) in [5.74, 6) is -1.46. The van der Waals surface area contributed by atoms with E-state index in [1.165, 1.54) is 154 Å². The fourth-order valence-corrected chi connectivity index (χ4v) is 8.04. The number of allylic oxidation sites excluding steroid dienone is 2. The molecule has 7 nitrogen and oxygen atoms in total. The van der Waals surface area contributed by atoms with Gasteiger partial charge in [-0.15, -0.1) is 0 Å². The topological polar surface area (TPSA) is 124 Å². The van der Waals surface area contributed by atoms with Gasteiger partial charge in [0.2, 0.25) is 5.91 Å². The Hall–Kier alpha value is -0.960. The van der Waals surface area contributed by atoms with Gasteiger partial charge in [-0.3, -0.25) is 9.35 Å². The number of unbranched alkanes of at least 4 members (excludes halogenated alkanes) is 31. The van der Waals surface area contributed by atoms with Crippen molar-refractivity contribution >= 4 is 16.0 Å². The molecule has 0 aliphatic carbocycles. The van der Waals surface area contributed by atoms with Crippen LogP contribution in [0.25, 0.3) is 0 Å². The second-order valence-corrected chi connectivity index (χ2v) is 17.7. The van der Waals surface area contributed by atoms with E-state index in [1.54, 1.807) is 0 Å². The number of nitrogens with one attached hydrogen (secondary N) is 1. The molecule has 0 heterocycles. The zero-order chi connectivity index (χ0) is 39.1. The number of rotatable bonds is 42. The highest BCUT2D eigenvalue weighted by Crippen LogP contribution is 2.17. The number of carbonyl (C=O) groups excluding carboxylic acids is 1. The summed E-state index contributed by atoms with van der Waals surface area (Å²) in [6.45, 7) is 4.52. The molecule has 3 atom stereocenters. The lowest BCUT2D eigenvalue weighted by atomic mass is 10.0. The maximum atomic E-state index is 12.6. The van der Waals surface area contributed by atoms with Crippen LogP contribution in [0.1, 0.15) is 245 Å². The molecule has 0 rings (SSSR count). The van der Waals surface area contributed by atoms with E-state index in [2.05, 4.69) is 31.3 Å². The van der Waals surface area contributed by atoms with Gasteiger partial charge in [0.1, 0.15) is 6.10 Å². The van der Waals surface area contributed by atoms with Crippen molar-refractivity contribution in [3.8, 4) is 0 Å². The number of hydrogen-bond acceptors (Lipinski definition) is 5. The van der Waals surface area contributed by atoms with Gasteiger partial charge in [0.15, 0.2) is 0 Å². The fourth-order valence-electron chi connectivity index (χ4n) is 7.28. The van der Waals surface area contributed by atoms with E-state index < -0.39 is 40.0 Å². The Kier molecular flexibility index (Phi) is 38.6. The normalized spacial score (nSPS) is 13.8. The summed E-state index contributed by atoms with van der Waals surface area (Å²) >= 11 is 0. The summed E-state index contributed by atoms with van der Waals surface area (Å²) in [4.78, 5) is 12.6. The largest absolute Gasteiger partial charge is 0.391 e. The molecular formula is C45H89NO6S. The molecule has 0 bridgehead atoms. The van der Waals surface area contributed by atoms with Crippen molar-refractivity contribution in [2.24, 2.45) is 0 Å². The summed E-state index contributed by atoms with van der Waals surface area (Å²) < 4.78 is 32.7. The molecule has 316 valence electrons. The van der Waals surface area contributed by atoms with Gasteiger partial charge in [-0.1, -0.05) is 219 Å². The van der Waals surface area contributed by atoms with Gasteiger partial charge in [0.05, 0.1) is 17.9 Å². The smallest absolute Gasteiger partial charge is 0.266 e. The molecule has 0 saturated heterocycles. The number of amides is 1. The highest BCUT2D eigenvalue weighted by Gasteiger charge is 2.28. The molecule has 0 fully saturated rings. The highest BCUT2D eigenvalue weighted by atomic mass is 32.2. The summed E-state index contributed by atoms with van der Waals surface area (Å²) in [6.07, 6.45) is 45.2. The quantitative estimate of drug-likeness (QED) is 0.0278. The van der Waals surface area contributed by atoms with Crippen molar-refractivity contribution in [3.63, 3.8) is 0 Å². The van der Waals surface area contributed by atoms with Crippen LogP contribution in [0.4, 0.5) is 0 Å². The van der Waals surface area contributed by atoms with Crippen LogP contribution in [0.15, 0.2) is 12.2 Å². The zero-order valence-corrected chi connectivity index (χ0v) is 35.8. The van der Waals surface area contributed by atoms with Crippen LogP contribution in [-0.2, 0) is 14.9 Å². The Morgan fingerprint density at radius 2 is 0.792 bits per heavy atom. The van der Waals surface area contributed by atoms with Crippen molar-refractivity contribution in [2.45, 2.75) is 263 Å². The van der Waals surface area contributed by atoms with Crippen LogP contribution >= 0.6 is 0 Å². The molecule has 0 aromatic heterocycles. The third-order valence-electron chi connectivity index (χ3n) is 10.8. The second kappa shape index (κ2) is 39.3. The zero-order valence-electron chi connectivity index (χ0n) is 35.0. The van der Waals surface area contributed by atoms with Gasteiger partial charge in [0, 0.05) is 0 Å². The average molecular weight is 772 g/mol. The molecule has 0 aromatic rings. The van der Waals surface area contributed by atoms with Crippen molar-refractivity contribution in [3.05, 3.63) is 12.2 Å². The molecule has 3 unspecified atom stereocenters. The Bertz CT molecular complexity index is 911. The van der Waals surface area contributed by atoms with Crippen LogP contribution in [0.2, 0.25) is 0 Å². The van der Waals surface area contributed by atoms with Gasteiger partial charge in [-0.05, 0) is 38.5 Å². The van der Waals surface area contributed by atoms with Crippen molar-refractivity contribution in [1.82, 2.24) is 5.32 Å². The summed E-state index contributed by atoms with van der Waals surface area (Å²) in [5.41, 5.74) is 0. The molecule has 0 aliphatic rings. The Morgan fingerprint density at radius 3 is 1.13 bits per heavy atom. The minimum absolute atomic E-state index is 0.286. The minimum Gasteiger partial charge on any atom is -0.391 e. The summed E-state index contributed by atoms with van der Waals surface area (Å²) in [7, 11) is -4.41. The Labute approximate surface area is 329 Å². The van der Waals surface area contributed by atoms with E-state index in [9.17, 15) is 28.0 Å². The lowest BCUT2D eigenvalue weighted by Gasteiger charge is -2.24. The number of carbonyl (C=O) groups is 1. The molecule has 0 aromatic carbocycles. The van der Waals surface area contributed by atoms with E-state index >= 15 is 0 Å². The fraction of sp³-hybridized carbons (Fsp3) is 0.933. The number of aliphatic hydroxyl groups is 2. The third kappa shape index (κ3) is 39.1. The maximum absolute atomic E-state index is 12.6. The minimum atomic E-state index is -4.41.